The van der Waals surface area contributed by atoms with E-state index in [0.717, 1.165) is 44.9 Å². The van der Waals surface area contributed by atoms with Gasteiger partial charge in [-0.1, -0.05) is 56.3 Å². The largest absolute Gasteiger partial charge is 0.497 e. The lowest BCUT2D eigenvalue weighted by atomic mass is 10.0. The van der Waals surface area contributed by atoms with E-state index in [1.54, 1.807) is 7.11 Å². The Morgan fingerprint density at radius 2 is 1.67 bits per heavy atom. The summed E-state index contributed by atoms with van der Waals surface area (Å²) < 4.78 is 5.27. The van der Waals surface area contributed by atoms with Gasteiger partial charge in [-0.2, -0.15) is 0 Å². The van der Waals surface area contributed by atoms with Crippen molar-refractivity contribution >= 4 is 0 Å². The summed E-state index contributed by atoms with van der Waals surface area (Å²) in [5.41, 5.74) is 2.85. The predicted octanol–water partition coefficient (Wildman–Crippen LogP) is 4.33. The lowest BCUT2D eigenvalue weighted by molar-refractivity contribution is 0.0667. The number of aryl methyl sites for hydroxylation is 1. The number of hydrogen-bond acceptors (Lipinski definition) is 4. The van der Waals surface area contributed by atoms with E-state index in [-0.39, 0.29) is 0 Å². The highest BCUT2D eigenvalue weighted by atomic mass is 16.5. The average molecular weight is 410 g/mol. The number of rotatable bonds is 11. The Kier molecular flexibility index (Phi) is 9.19. The lowest BCUT2D eigenvalue weighted by Gasteiger charge is -2.42. The smallest absolute Gasteiger partial charge is 0.118 e. The van der Waals surface area contributed by atoms with Crippen LogP contribution in [0.4, 0.5) is 0 Å². The van der Waals surface area contributed by atoms with E-state index in [4.69, 9.17) is 4.74 Å². The molecule has 0 spiro atoms. The second kappa shape index (κ2) is 12.1. The molecule has 1 unspecified atom stereocenters. The van der Waals surface area contributed by atoms with E-state index in [2.05, 4.69) is 83.1 Å². The minimum absolute atomic E-state index is 0.493. The maximum Gasteiger partial charge on any atom is 0.118 e. The van der Waals surface area contributed by atoms with Gasteiger partial charge >= 0.3 is 0 Å². The van der Waals surface area contributed by atoms with E-state index in [1.807, 2.05) is 0 Å². The molecule has 1 fully saturated rings. The number of benzene rings is 2. The Morgan fingerprint density at radius 3 is 2.33 bits per heavy atom. The number of ether oxygens (including phenoxy) is 1. The Morgan fingerprint density at radius 1 is 0.933 bits per heavy atom. The molecule has 4 heteroatoms. The van der Waals surface area contributed by atoms with Gasteiger partial charge in [-0.3, -0.25) is 9.80 Å². The third kappa shape index (κ3) is 6.56. The van der Waals surface area contributed by atoms with E-state index in [1.165, 1.54) is 37.2 Å². The van der Waals surface area contributed by atoms with Crippen molar-refractivity contribution in [2.45, 2.75) is 32.7 Å². The van der Waals surface area contributed by atoms with Crippen molar-refractivity contribution in [2.75, 3.05) is 59.5 Å². The van der Waals surface area contributed by atoms with E-state index in [9.17, 15) is 0 Å². The number of likely N-dealkylation sites (N-methyl/N-ethyl adjacent to an activating group) is 1. The van der Waals surface area contributed by atoms with Crippen LogP contribution < -0.4 is 4.74 Å². The van der Waals surface area contributed by atoms with Crippen LogP contribution in [0, 0.1) is 0 Å². The van der Waals surface area contributed by atoms with Crippen LogP contribution >= 0.6 is 0 Å². The molecule has 3 rings (SSSR count). The van der Waals surface area contributed by atoms with Crippen LogP contribution in [-0.2, 0) is 6.42 Å². The van der Waals surface area contributed by atoms with Gasteiger partial charge in [0.1, 0.15) is 5.75 Å². The maximum absolute atomic E-state index is 5.27. The van der Waals surface area contributed by atoms with Crippen LogP contribution in [0.5, 0.6) is 5.75 Å². The summed E-state index contributed by atoms with van der Waals surface area (Å²) in [7, 11) is 1.72. The van der Waals surface area contributed by atoms with Crippen LogP contribution in [-0.4, -0.2) is 74.2 Å². The number of methoxy groups -OCH3 is 1. The second-order valence-electron chi connectivity index (χ2n) is 8.24. The summed E-state index contributed by atoms with van der Waals surface area (Å²) in [4.78, 5) is 7.89. The van der Waals surface area contributed by atoms with Crippen molar-refractivity contribution in [1.82, 2.24) is 14.7 Å². The first-order valence-electron chi connectivity index (χ1n) is 11.6. The minimum atomic E-state index is 0.493. The van der Waals surface area contributed by atoms with Crippen molar-refractivity contribution in [3.05, 3.63) is 65.7 Å². The van der Waals surface area contributed by atoms with Gasteiger partial charge in [-0.05, 0) is 55.7 Å². The van der Waals surface area contributed by atoms with Crippen molar-refractivity contribution in [2.24, 2.45) is 0 Å². The van der Waals surface area contributed by atoms with Crippen LogP contribution in [0.15, 0.2) is 54.6 Å². The third-order valence-electron chi connectivity index (χ3n) is 6.46. The van der Waals surface area contributed by atoms with Gasteiger partial charge < -0.3 is 9.64 Å². The van der Waals surface area contributed by atoms with Gasteiger partial charge in [-0.15, -0.1) is 0 Å². The topological polar surface area (TPSA) is 19.0 Å². The highest BCUT2D eigenvalue weighted by molar-refractivity contribution is 5.27. The van der Waals surface area contributed by atoms with Gasteiger partial charge in [-0.25, -0.2) is 0 Å². The number of piperazine rings is 1. The zero-order chi connectivity index (χ0) is 21.2. The quantitative estimate of drug-likeness (QED) is 0.550. The predicted molar refractivity (Wildman–Crippen MR) is 126 cm³/mol. The number of nitrogens with zero attached hydrogens (tertiary/aromatic N) is 3. The Labute approximate surface area is 183 Å². The minimum Gasteiger partial charge on any atom is -0.497 e. The van der Waals surface area contributed by atoms with Crippen molar-refractivity contribution in [1.29, 1.82) is 0 Å². The average Bonchev–Trinajstić information content (AvgIpc) is 2.81. The molecule has 0 bridgehead atoms. The lowest BCUT2D eigenvalue weighted by Crippen LogP contribution is -2.50. The van der Waals surface area contributed by atoms with Gasteiger partial charge in [0.05, 0.1) is 7.11 Å². The standard InChI is InChI=1S/C26H39N3O/c1-4-27(5-2)18-19-28-20-21-29(26(22-28)24-11-7-6-8-12-24)17-9-10-23-13-15-25(30-3)16-14-23/h6-8,11-16,26H,4-5,9-10,17-22H2,1-3H3. The zero-order valence-corrected chi connectivity index (χ0v) is 19.1. The Bertz CT molecular complexity index is 715. The van der Waals surface area contributed by atoms with Crippen LogP contribution in [0.25, 0.3) is 0 Å². The van der Waals surface area contributed by atoms with Crippen molar-refractivity contribution in [3.63, 3.8) is 0 Å². The molecule has 4 nitrogen and oxygen atoms in total. The van der Waals surface area contributed by atoms with E-state index in [0.29, 0.717) is 6.04 Å². The first-order valence-corrected chi connectivity index (χ1v) is 11.6. The molecule has 1 aliphatic heterocycles. The van der Waals surface area contributed by atoms with Crippen LogP contribution in [0.2, 0.25) is 0 Å². The van der Waals surface area contributed by atoms with Crippen molar-refractivity contribution in [3.8, 4) is 5.75 Å². The van der Waals surface area contributed by atoms with Gasteiger partial charge in [0.2, 0.25) is 0 Å². The highest BCUT2D eigenvalue weighted by Crippen LogP contribution is 2.26. The summed E-state index contributed by atoms with van der Waals surface area (Å²) in [5, 5.41) is 0. The summed E-state index contributed by atoms with van der Waals surface area (Å²) in [6, 6.07) is 20.1. The molecular weight excluding hydrogens is 370 g/mol. The first-order chi connectivity index (χ1) is 14.7. The van der Waals surface area contributed by atoms with Gasteiger partial charge in [0.25, 0.3) is 0 Å². The zero-order valence-electron chi connectivity index (χ0n) is 19.1. The monoisotopic (exact) mass is 409 g/mol. The van der Waals surface area contributed by atoms with Gasteiger partial charge in [0.15, 0.2) is 0 Å². The molecule has 0 aliphatic carbocycles. The summed E-state index contributed by atoms with van der Waals surface area (Å²) in [6.45, 7) is 13.8. The molecule has 30 heavy (non-hydrogen) atoms. The van der Waals surface area contributed by atoms with Crippen molar-refractivity contribution < 1.29 is 4.74 Å². The SMILES string of the molecule is CCN(CC)CCN1CCN(CCCc2ccc(OC)cc2)C(c2ccccc2)C1. The fourth-order valence-electron chi connectivity index (χ4n) is 4.44. The summed E-state index contributed by atoms with van der Waals surface area (Å²) >= 11 is 0. The fourth-order valence-corrected chi connectivity index (χ4v) is 4.44. The first kappa shape index (κ1) is 22.8. The molecule has 0 aromatic heterocycles. The third-order valence-corrected chi connectivity index (χ3v) is 6.46. The number of hydrogen-bond donors (Lipinski definition) is 0. The molecular formula is C26H39N3O. The second-order valence-corrected chi connectivity index (χ2v) is 8.24. The molecule has 1 heterocycles. The van der Waals surface area contributed by atoms with E-state index < -0.39 is 0 Å². The Hall–Kier alpha value is -1.88. The van der Waals surface area contributed by atoms with Crippen LogP contribution in [0.1, 0.15) is 37.4 Å². The Balaban J connectivity index is 1.57. The summed E-state index contributed by atoms with van der Waals surface area (Å²) in [5.74, 6) is 0.934. The van der Waals surface area contributed by atoms with Crippen LogP contribution in [0.3, 0.4) is 0 Å². The highest BCUT2D eigenvalue weighted by Gasteiger charge is 2.27. The molecule has 1 saturated heterocycles. The molecule has 0 amide bonds. The molecule has 164 valence electrons. The summed E-state index contributed by atoms with van der Waals surface area (Å²) in [6.07, 6.45) is 2.31. The molecule has 0 saturated carbocycles. The maximum atomic E-state index is 5.27. The van der Waals surface area contributed by atoms with E-state index >= 15 is 0 Å². The fraction of sp³-hybridized carbons (Fsp3) is 0.538. The molecule has 2 aromatic rings. The van der Waals surface area contributed by atoms with Gasteiger partial charge in [0, 0.05) is 38.8 Å². The molecule has 0 N–H and O–H groups in total. The molecule has 1 aliphatic rings. The molecule has 2 aromatic carbocycles. The molecule has 1 atom stereocenters. The molecule has 0 radical (unpaired) electrons. The normalized spacial score (nSPS) is 18.1.